The Bertz CT molecular complexity index is 1340. The third kappa shape index (κ3) is 4.15. The van der Waals surface area contributed by atoms with E-state index in [-0.39, 0.29) is 11.8 Å². The van der Waals surface area contributed by atoms with Crippen LogP contribution in [-0.2, 0) is 16.0 Å². The molecule has 0 bridgehead atoms. The summed E-state index contributed by atoms with van der Waals surface area (Å²) in [5, 5.41) is 4.17. The quantitative estimate of drug-likeness (QED) is 0.428. The van der Waals surface area contributed by atoms with E-state index in [1.54, 1.807) is 12.1 Å². The molecule has 1 aromatic heterocycles. The zero-order chi connectivity index (χ0) is 23.7. The van der Waals surface area contributed by atoms with Crippen molar-refractivity contribution in [1.29, 1.82) is 0 Å². The molecule has 1 amide bonds. The van der Waals surface area contributed by atoms with Crippen molar-refractivity contribution in [2.75, 3.05) is 25.5 Å². The molecule has 0 saturated carbocycles. The number of fused-ring (bicyclic) bond motifs is 2. The van der Waals surface area contributed by atoms with Crippen molar-refractivity contribution in [3.8, 4) is 0 Å². The van der Waals surface area contributed by atoms with Crippen LogP contribution in [0.15, 0.2) is 79.0 Å². The van der Waals surface area contributed by atoms with E-state index in [2.05, 4.69) is 45.5 Å². The van der Waals surface area contributed by atoms with Crippen molar-refractivity contribution in [1.82, 2.24) is 10.3 Å². The summed E-state index contributed by atoms with van der Waals surface area (Å²) < 4.78 is 5.45. The van der Waals surface area contributed by atoms with Gasteiger partial charge in [0.1, 0.15) is 0 Å². The monoisotopic (exact) mass is 453 g/mol. The van der Waals surface area contributed by atoms with Crippen molar-refractivity contribution in [2.24, 2.45) is 0 Å². The molecule has 6 nitrogen and oxygen atoms in total. The number of aromatic amines is 1. The molecular formula is C28H27N3O3. The van der Waals surface area contributed by atoms with E-state index in [4.69, 9.17) is 4.74 Å². The van der Waals surface area contributed by atoms with Gasteiger partial charge in [0.15, 0.2) is 6.10 Å². The number of carbonyl (C=O) groups is 2. The molecule has 4 aromatic rings. The number of esters is 1. The van der Waals surface area contributed by atoms with Crippen LogP contribution < -0.4 is 10.2 Å². The van der Waals surface area contributed by atoms with Crippen molar-refractivity contribution in [3.63, 3.8) is 0 Å². The maximum absolute atomic E-state index is 13.1. The third-order valence-electron chi connectivity index (χ3n) is 6.47. The smallest absolute Gasteiger partial charge is 0.339 e. The number of rotatable bonds is 6. The molecule has 2 N–H and O–H groups in total. The first-order chi connectivity index (χ1) is 16.5. The van der Waals surface area contributed by atoms with Gasteiger partial charge >= 0.3 is 5.97 Å². The molecule has 34 heavy (non-hydrogen) atoms. The molecule has 6 heteroatoms. The number of aromatic nitrogens is 1. The number of nitrogens with zero attached hydrogens (tertiary/aromatic N) is 1. The highest BCUT2D eigenvalue weighted by Gasteiger charge is 2.31. The Balaban J connectivity index is 1.40. The van der Waals surface area contributed by atoms with E-state index < -0.39 is 12.1 Å². The van der Waals surface area contributed by atoms with Crippen LogP contribution in [0.25, 0.3) is 10.9 Å². The Hall–Kier alpha value is -4.06. The fraction of sp³-hybridized carbons (Fsp3) is 0.214. The normalized spacial score (nSPS) is 15.9. The Morgan fingerprint density at radius 3 is 2.59 bits per heavy atom. The molecule has 0 aliphatic carbocycles. The van der Waals surface area contributed by atoms with Gasteiger partial charge in [0.25, 0.3) is 5.91 Å². The van der Waals surface area contributed by atoms with Crippen molar-refractivity contribution in [3.05, 3.63) is 101 Å². The lowest BCUT2D eigenvalue weighted by Gasteiger charge is -2.25. The van der Waals surface area contributed by atoms with E-state index in [9.17, 15) is 9.59 Å². The second-order valence-electron chi connectivity index (χ2n) is 8.83. The number of ether oxygens (including phenoxy) is 1. The summed E-state index contributed by atoms with van der Waals surface area (Å²) in [7, 11) is 4.02. The molecule has 2 atom stereocenters. The summed E-state index contributed by atoms with van der Waals surface area (Å²) >= 11 is 0. The Morgan fingerprint density at radius 2 is 1.79 bits per heavy atom. The summed E-state index contributed by atoms with van der Waals surface area (Å²) in [6.45, 7) is 0.387. The number of hydrogen-bond acceptors (Lipinski definition) is 4. The van der Waals surface area contributed by atoms with Gasteiger partial charge in [0.05, 0.1) is 5.56 Å². The Morgan fingerprint density at radius 1 is 1.06 bits per heavy atom. The minimum absolute atomic E-state index is 0.0668. The van der Waals surface area contributed by atoms with Gasteiger partial charge in [-0.05, 0) is 41.0 Å². The lowest BCUT2D eigenvalue weighted by molar-refractivity contribution is -0.130. The first kappa shape index (κ1) is 21.8. The fourth-order valence-electron chi connectivity index (χ4n) is 4.59. The van der Waals surface area contributed by atoms with Gasteiger partial charge in [-0.1, -0.05) is 48.5 Å². The van der Waals surface area contributed by atoms with Crippen molar-refractivity contribution < 1.29 is 14.3 Å². The second kappa shape index (κ2) is 9.06. The highest BCUT2D eigenvalue weighted by Crippen LogP contribution is 2.31. The number of hydrogen-bond donors (Lipinski definition) is 2. The number of benzene rings is 3. The predicted molar refractivity (Wildman–Crippen MR) is 133 cm³/mol. The molecule has 0 spiro atoms. The second-order valence-corrected chi connectivity index (χ2v) is 8.83. The van der Waals surface area contributed by atoms with Crippen LogP contribution >= 0.6 is 0 Å². The molecule has 0 fully saturated rings. The highest BCUT2D eigenvalue weighted by molar-refractivity contribution is 5.95. The first-order valence-electron chi connectivity index (χ1n) is 11.4. The van der Waals surface area contributed by atoms with Crippen LogP contribution in [0, 0.1) is 0 Å². The number of carbonyl (C=O) groups excluding carboxylic acids is 2. The van der Waals surface area contributed by atoms with Gasteiger partial charge in [0, 0.05) is 55.8 Å². The average molecular weight is 454 g/mol. The molecule has 2 heterocycles. The minimum atomic E-state index is -0.831. The SMILES string of the molecule is CN(C)c1ccc(C(CNC(=O)C2Cc3ccccc3C(=O)O2)c2c[nH]c3ccccc23)cc1. The standard InChI is InChI=1S/C28H27N3O3/c1-31(2)20-13-11-18(12-14-20)23(24-17-29-25-10-6-5-9-22(24)25)16-30-27(32)26-15-19-7-3-4-8-21(19)28(33)34-26/h3-14,17,23,26,29H,15-16H2,1-2H3,(H,30,32). The summed E-state index contributed by atoms with van der Waals surface area (Å²) in [5.41, 5.74) is 5.74. The Kier molecular flexibility index (Phi) is 5.80. The number of para-hydroxylation sites is 1. The molecule has 172 valence electrons. The molecule has 1 aliphatic heterocycles. The molecule has 1 aliphatic rings. The zero-order valence-corrected chi connectivity index (χ0v) is 19.2. The van der Waals surface area contributed by atoms with Crippen LogP contribution in [0.1, 0.15) is 33.0 Å². The van der Waals surface area contributed by atoms with E-state index in [1.807, 2.05) is 50.6 Å². The van der Waals surface area contributed by atoms with E-state index >= 15 is 0 Å². The summed E-state index contributed by atoms with van der Waals surface area (Å²) in [6, 6.07) is 23.8. The fourth-order valence-corrected chi connectivity index (χ4v) is 4.59. The van der Waals surface area contributed by atoms with E-state index in [0.29, 0.717) is 18.5 Å². The molecule has 0 saturated heterocycles. The van der Waals surface area contributed by atoms with Crippen LogP contribution in [0.4, 0.5) is 5.69 Å². The largest absolute Gasteiger partial charge is 0.448 e. The van der Waals surface area contributed by atoms with Gasteiger partial charge in [0.2, 0.25) is 0 Å². The van der Waals surface area contributed by atoms with E-state index in [0.717, 1.165) is 33.3 Å². The topological polar surface area (TPSA) is 74.4 Å². The summed E-state index contributed by atoms with van der Waals surface area (Å²) in [4.78, 5) is 30.8. The average Bonchev–Trinajstić information content (AvgIpc) is 3.28. The predicted octanol–water partition coefficient (Wildman–Crippen LogP) is 4.26. The minimum Gasteiger partial charge on any atom is -0.448 e. The number of nitrogens with one attached hydrogen (secondary N) is 2. The van der Waals surface area contributed by atoms with Crippen LogP contribution in [-0.4, -0.2) is 43.6 Å². The van der Waals surface area contributed by atoms with Crippen LogP contribution in [0.5, 0.6) is 0 Å². The van der Waals surface area contributed by atoms with Crippen LogP contribution in [0.2, 0.25) is 0 Å². The molecular weight excluding hydrogens is 426 g/mol. The van der Waals surface area contributed by atoms with Gasteiger partial charge in [-0.25, -0.2) is 4.79 Å². The summed E-state index contributed by atoms with van der Waals surface area (Å²) in [6.07, 6.45) is 1.56. The van der Waals surface area contributed by atoms with Gasteiger partial charge < -0.3 is 19.9 Å². The van der Waals surface area contributed by atoms with Crippen molar-refractivity contribution in [2.45, 2.75) is 18.4 Å². The van der Waals surface area contributed by atoms with Crippen LogP contribution in [0.3, 0.4) is 0 Å². The van der Waals surface area contributed by atoms with Gasteiger partial charge in [-0.2, -0.15) is 0 Å². The number of cyclic esters (lactones) is 1. The lowest BCUT2D eigenvalue weighted by atomic mass is 9.90. The lowest BCUT2D eigenvalue weighted by Crippen LogP contribution is -2.43. The number of H-pyrrole nitrogens is 1. The maximum atomic E-state index is 13.1. The van der Waals surface area contributed by atoms with E-state index in [1.165, 1.54) is 0 Å². The van der Waals surface area contributed by atoms with Gasteiger partial charge in [-0.15, -0.1) is 0 Å². The number of anilines is 1. The van der Waals surface area contributed by atoms with Crippen molar-refractivity contribution >= 4 is 28.5 Å². The first-order valence-corrected chi connectivity index (χ1v) is 11.4. The number of amides is 1. The maximum Gasteiger partial charge on any atom is 0.339 e. The molecule has 0 radical (unpaired) electrons. The third-order valence-corrected chi connectivity index (χ3v) is 6.47. The highest BCUT2D eigenvalue weighted by atomic mass is 16.5. The molecule has 2 unspecified atom stereocenters. The zero-order valence-electron chi connectivity index (χ0n) is 19.2. The van der Waals surface area contributed by atoms with Gasteiger partial charge in [-0.3, -0.25) is 4.79 Å². The Labute approximate surface area is 198 Å². The summed E-state index contributed by atoms with van der Waals surface area (Å²) in [5.74, 6) is -0.796. The molecule has 5 rings (SSSR count). The molecule has 3 aromatic carbocycles.